The van der Waals surface area contributed by atoms with Crippen LogP contribution in [0.25, 0.3) is 0 Å². The Morgan fingerprint density at radius 1 is 1.71 bits per heavy atom. The average Bonchev–Trinajstić information content (AvgIpc) is 3.19. The van der Waals surface area contributed by atoms with Gasteiger partial charge in [0.2, 0.25) is 5.88 Å². The molecular weight excluding hydrogens is 218 g/mol. The van der Waals surface area contributed by atoms with Gasteiger partial charge in [0.1, 0.15) is 5.56 Å². The van der Waals surface area contributed by atoms with Gasteiger partial charge in [-0.2, -0.15) is 0 Å². The summed E-state index contributed by atoms with van der Waals surface area (Å²) in [4.78, 5) is 15.9. The van der Waals surface area contributed by atoms with Crippen LogP contribution in [0, 0.1) is 5.92 Å². The van der Waals surface area contributed by atoms with Gasteiger partial charge in [0.05, 0.1) is 7.11 Å². The Bertz CT molecular complexity index is 404. The smallest absolute Gasteiger partial charge is 0.256 e. The van der Waals surface area contributed by atoms with Crippen molar-refractivity contribution in [3.05, 3.63) is 23.9 Å². The summed E-state index contributed by atoms with van der Waals surface area (Å²) in [6.07, 6.45) is 3.94. The molecule has 1 fully saturated rings. The van der Waals surface area contributed by atoms with Crippen LogP contribution < -0.4 is 15.8 Å². The predicted octanol–water partition coefficient (Wildman–Crippen LogP) is 0.557. The number of aromatic nitrogens is 1. The van der Waals surface area contributed by atoms with Gasteiger partial charge >= 0.3 is 0 Å². The first-order valence-electron chi connectivity index (χ1n) is 5.75. The largest absolute Gasteiger partial charge is 0.480 e. The van der Waals surface area contributed by atoms with E-state index in [1.807, 2.05) is 0 Å². The van der Waals surface area contributed by atoms with E-state index in [0.717, 1.165) is 0 Å². The molecule has 0 spiro atoms. The average molecular weight is 235 g/mol. The number of carbonyl (C=O) groups excluding carboxylic acids is 1. The lowest BCUT2D eigenvalue weighted by Crippen LogP contribution is -2.38. The van der Waals surface area contributed by atoms with E-state index < -0.39 is 0 Å². The van der Waals surface area contributed by atoms with E-state index in [0.29, 0.717) is 23.9 Å². The second-order valence-corrected chi connectivity index (χ2v) is 4.27. The molecule has 0 bridgehead atoms. The van der Waals surface area contributed by atoms with Gasteiger partial charge in [-0.15, -0.1) is 0 Å². The summed E-state index contributed by atoms with van der Waals surface area (Å²) in [6.45, 7) is 0.502. The number of carbonyl (C=O) groups is 1. The molecule has 5 heteroatoms. The highest BCUT2D eigenvalue weighted by atomic mass is 16.5. The normalized spacial score (nSPS) is 16.4. The van der Waals surface area contributed by atoms with E-state index in [2.05, 4.69) is 10.3 Å². The molecule has 92 valence electrons. The highest BCUT2D eigenvalue weighted by molar-refractivity contribution is 5.96. The zero-order chi connectivity index (χ0) is 12.3. The molecule has 1 aliphatic carbocycles. The third kappa shape index (κ3) is 2.94. The van der Waals surface area contributed by atoms with Crippen LogP contribution in [0.1, 0.15) is 23.2 Å². The summed E-state index contributed by atoms with van der Waals surface area (Å²) < 4.78 is 5.03. The third-order valence-corrected chi connectivity index (χ3v) is 2.93. The van der Waals surface area contributed by atoms with Crippen LogP contribution in [-0.2, 0) is 0 Å². The lowest BCUT2D eigenvalue weighted by Gasteiger charge is -2.12. The number of pyridine rings is 1. The van der Waals surface area contributed by atoms with Gasteiger partial charge < -0.3 is 15.8 Å². The summed E-state index contributed by atoms with van der Waals surface area (Å²) in [5.41, 5.74) is 6.36. The van der Waals surface area contributed by atoms with Crippen molar-refractivity contribution in [1.29, 1.82) is 0 Å². The summed E-state index contributed by atoms with van der Waals surface area (Å²) in [5, 5.41) is 2.81. The van der Waals surface area contributed by atoms with Crippen molar-refractivity contribution < 1.29 is 9.53 Å². The second-order valence-electron chi connectivity index (χ2n) is 4.27. The fourth-order valence-corrected chi connectivity index (χ4v) is 1.72. The molecule has 1 heterocycles. The van der Waals surface area contributed by atoms with E-state index in [-0.39, 0.29) is 11.9 Å². The summed E-state index contributed by atoms with van der Waals surface area (Å²) >= 11 is 0. The fraction of sp³-hybridized carbons (Fsp3) is 0.500. The van der Waals surface area contributed by atoms with Crippen LogP contribution in [0.3, 0.4) is 0 Å². The number of rotatable bonds is 5. The lowest BCUT2D eigenvalue weighted by atomic mass is 10.2. The van der Waals surface area contributed by atoms with Crippen LogP contribution in [0.2, 0.25) is 0 Å². The first-order valence-corrected chi connectivity index (χ1v) is 5.75. The van der Waals surface area contributed by atoms with Crippen LogP contribution in [-0.4, -0.2) is 30.6 Å². The molecule has 1 aromatic rings. The highest BCUT2D eigenvalue weighted by Gasteiger charge is 2.28. The van der Waals surface area contributed by atoms with Crippen LogP contribution in [0.15, 0.2) is 18.3 Å². The van der Waals surface area contributed by atoms with Crippen molar-refractivity contribution in [2.75, 3.05) is 13.7 Å². The Hall–Kier alpha value is -1.62. The number of amides is 1. The van der Waals surface area contributed by atoms with Crippen molar-refractivity contribution in [3.63, 3.8) is 0 Å². The summed E-state index contributed by atoms with van der Waals surface area (Å²) in [5.74, 6) is 0.724. The molecule has 1 unspecified atom stereocenters. The minimum Gasteiger partial charge on any atom is -0.480 e. The van der Waals surface area contributed by atoms with Gasteiger partial charge in [-0.1, -0.05) is 0 Å². The Morgan fingerprint density at radius 2 is 2.47 bits per heavy atom. The number of methoxy groups -OCH3 is 1. The molecule has 17 heavy (non-hydrogen) atoms. The second kappa shape index (κ2) is 5.14. The zero-order valence-electron chi connectivity index (χ0n) is 9.85. The van der Waals surface area contributed by atoms with E-state index in [9.17, 15) is 4.79 Å². The van der Waals surface area contributed by atoms with E-state index in [1.54, 1.807) is 18.3 Å². The Kier molecular flexibility index (Phi) is 3.58. The molecule has 0 saturated heterocycles. The molecule has 5 nitrogen and oxygen atoms in total. The van der Waals surface area contributed by atoms with Crippen molar-refractivity contribution in [2.24, 2.45) is 11.7 Å². The third-order valence-electron chi connectivity index (χ3n) is 2.93. The molecule has 2 rings (SSSR count). The highest BCUT2D eigenvalue weighted by Crippen LogP contribution is 2.31. The number of hydrogen-bond donors (Lipinski definition) is 2. The van der Waals surface area contributed by atoms with Crippen LogP contribution >= 0.6 is 0 Å². The SMILES string of the molecule is COc1ncccc1C(=O)NCC(N)C1CC1. The van der Waals surface area contributed by atoms with Gasteiger partial charge in [-0.25, -0.2) is 4.98 Å². The zero-order valence-corrected chi connectivity index (χ0v) is 9.85. The summed E-state index contributed by atoms with van der Waals surface area (Å²) in [6, 6.07) is 3.45. The molecular formula is C12H17N3O2. The number of nitrogens with zero attached hydrogens (tertiary/aromatic N) is 1. The van der Waals surface area contributed by atoms with Crippen molar-refractivity contribution >= 4 is 5.91 Å². The molecule has 0 aromatic carbocycles. The van der Waals surface area contributed by atoms with Gasteiger partial charge in [0.25, 0.3) is 5.91 Å². The standard InChI is InChI=1S/C12H17N3O2/c1-17-12-9(3-2-6-14-12)11(16)15-7-10(13)8-4-5-8/h2-3,6,8,10H,4-5,7,13H2,1H3,(H,15,16). The van der Waals surface area contributed by atoms with Gasteiger partial charge in [-0.05, 0) is 30.9 Å². The lowest BCUT2D eigenvalue weighted by molar-refractivity contribution is 0.0946. The molecule has 0 radical (unpaired) electrons. The van der Waals surface area contributed by atoms with Crippen molar-refractivity contribution in [2.45, 2.75) is 18.9 Å². The molecule has 1 amide bonds. The van der Waals surface area contributed by atoms with Gasteiger partial charge in [0.15, 0.2) is 0 Å². The van der Waals surface area contributed by atoms with E-state index in [4.69, 9.17) is 10.5 Å². The molecule has 3 N–H and O–H groups in total. The van der Waals surface area contributed by atoms with Crippen LogP contribution in [0.5, 0.6) is 5.88 Å². The maximum Gasteiger partial charge on any atom is 0.256 e. The van der Waals surface area contributed by atoms with Crippen molar-refractivity contribution in [3.8, 4) is 5.88 Å². The quantitative estimate of drug-likeness (QED) is 0.781. The Balaban J connectivity index is 1.94. The minimum atomic E-state index is -0.189. The molecule has 1 saturated carbocycles. The number of ether oxygens (including phenoxy) is 1. The molecule has 1 aliphatic rings. The van der Waals surface area contributed by atoms with Gasteiger partial charge in [-0.3, -0.25) is 4.79 Å². The maximum absolute atomic E-state index is 11.9. The van der Waals surface area contributed by atoms with Crippen molar-refractivity contribution in [1.82, 2.24) is 10.3 Å². The van der Waals surface area contributed by atoms with E-state index >= 15 is 0 Å². The summed E-state index contributed by atoms with van der Waals surface area (Å²) in [7, 11) is 1.50. The minimum absolute atomic E-state index is 0.0571. The molecule has 1 atom stereocenters. The topological polar surface area (TPSA) is 77.2 Å². The fourth-order valence-electron chi connectivity index (χ4n) is 1.72. The number of nitrogens with one attached hydrogen (secondary N) is 1. The Morgan fingerprint density at radius 3 is 3.12 bits per heavy atom. The number of nitrogens with two attached hydrogens (primary N) is 1. The van der Waals surface area contributed by atoms with Crippen LogP contribution in [0.4, 0.5) is 0 Å². The maximum atomic E-state index is 11.9. The number of hydrogen-bond acceptors (Lipinski definition) is 4. The first kappa shape index (κ1) is 11.9. The Labute approximate surface area is 100 Å². The van der Waals surface area contributed by atoms with E-state index in [1.165, 1.54) is 20.0 Å². The molecule has 1 aromatic heterocycles. The predicted molar refractivity (Wildman–Crippen MR) is 63.8 cm³/mol. The van der Waals surface area contributed by atoms with Gasteiger partial charge in [0, 0.05) is 18.8 Å². The molecule has 0 aliphatic heterocycles. The monoisotopic (exact) mass is 235 g/mol. The first-order chi connectivity index (χ1) is 8.22.